The second kappa shape index (κ2) is 11.1. The van der Waals surface area contributed by atoms with Crippen LogP contribution in [0.3, 0.4) is 0 Å². The highest BCUT2D eigenvalue weighted by atomic mass is 35.5. The number of carbonyl (C=O) groups is 1. The number of likely N-dealkylation sites (tertiary alicyclic amines) is 1. The number of amides is 1. The summed E-state index contributed by atoms with van der Waals surface area (Å²) in [6, 6.07) is 3.75. The van der Waals surface area contributed by atoms with Crippen LogP contribution < -0.4 is 15.4 Å². The third kappa shape index (κ3) is 7.78. The molecule has 0 atom stereocenters. The van der Waals surface area contributed by atoms with Crippen molar-refractivity contribution < 1.29 is 31.8 Å². The van der Waals surface area contributed by atoms with Crippen LogP contribution in [0.4, 0.5) is 17.6 Å². The lowest BCUT2D eigenvalue weighted by molar-refractivity contribution is -0.351. The van der Waals surface area contributed by atoms with Crippen LogP contribution in [0.1, 0.15) is 25.7 Å². The first kappa shape index (κ1) is 25.1. The largest absolute Gasteiger partial charge is 0.522 e. The Morgan fingerprint density at radius 3 is 2.55 bits per heavy atom. The Balaban J connectivity index is 1.36. The molecule has 0 spiro atoms. The van der Waals surface area contributed by atoms with Crippen LogP contribution in [0.25, 0.3) is 0 Å². The Morgan fingerprint density at radius 1 is 1.24 bits per heavy atom. The molecule has 0 unspecified atom stereocenters. The Bertz CT molecular complexity index is 870. The fourth-order valence-corrected chi connectivity index (χ4v) is 3.80. The van der Waals surface area contributed by atoms with Crippen molar-refractivity contribution in [2.24, 2.45) is 0 Å². The van der Waals surface area contributed by atoms with Gasteiger partial charge in [0.1, 0.15) is 11.6 Å². The number of carbonyl (C=O) groups excluding carboxylic acids is 1. The first-order chi connectivity index (χ1) is 15.6. The van der Waals surface area contributed by atoms with Crippen LogP contribution in [0.15, 0.2) is 30.1 Å². The summed E-state index contributed by atoms with van der Waals surface area (Å²) in [6.45, 7) is 0.945. The normalized spacial score (nSPS) is 21.8. The lowest BCUT2D eigenvalue weighted by Gasteiger charge is -2.37. The van der Waals surface area contributed by atoms with Crippen molar-refractivity contribution >= 4 is 23.7 Å². The predicted octanol–water partition coefficient (Wildman–Crippen LogP) is 3.59. The molecule has 0 aromatic heterocycles. The van der Waals surface area contributed by atoms with Gasteiger partial charge in [0.05, 0.1) is 16.8 Å². The monoisotopic (exact) mass is 492 g/mol. The summed E-state index contributed by atoms with van der Waals surface area (Å²) in [5.74, 6) is -0.745. The molecule has 1 aromatic carbocycles. The van der Waals surface area contributed by atoms with E-state index in [-0.39, 0.29) is 48.2 Å². The number of nitrogens with zero attached hydrogens (tertiary/aromatic N) is 1. The Hall–Kier alpha value is -2.53. The highest BCUT2D eigenvalue weighted by molar-refractivity contribution is 6.30. The second-order valence-electron chi connectivity index (χ2n) is 7.93. The molecule has 1 amide bonds. The third-order valence-electron chi connectivity index (χ3n) is 5.50. The van der Waals surface area contributed by atoms with E-state index in [0.29, 0.717) is 31.6 Å². The van der Waals surface area contributed by atoms with Gasteiger partial charge in [-0.1, -0.05) is 11.6 Å². The zero-order valence-corrected chi connectivity index (χ0v) is 18.4. The molecule has 1 heterocycles. The molecular weight excluding hydrogens is 468 g/mol. The maximum Gasteiger partial charge on any atom is 0.522 e. The summed E-state index contributed by atoms with van der Waals surface area (Å²) in [4.78, 5) is 14.1. The van der Waals surface area contributed by atoms with Crippen molar-refractivity contribution in [3.05, 3.63) is 40.9 Å². The number of rotatable bonds is 9. The van der Waals surface area contributed by atoms with Crippen molar-refractivity contribution in [1.82, 2.24) is 15.5 Å². The van der Waals surface area contributed by atoms with E-state index in [0.717, 1.165) is 6.07 Å². The summed E-state index contributed by atoms with van der Waals surface area (Å²) in [5.41, 5.74) is 0.619. The molecule has 3 rings (SSSR count). The fourth-order valence-electron chi connectivity index (χ4n) is 3.68. The minimum Gasteiger partial charge on any atom is -0.484 e. The van der Waals surface area contributed by atoms with E-state index in [1.54, 1.807) is 6.20 Å². The Morgan fingerprint density at radius 2 is 1.94 bits per heavy atom. The Kier molecular flexibility index (Phi) is 8.41. The third-order valence-corrected chi connectivity index (χ3v) is 5.80. The first-order valence-electron chi connectivity index (χ1n) is 10.5. The highest BCUT2D eigenvalue weighted by Crippen LogP contribution is 2.30. The molecule has 2 fully saturated rings. The molecule has 0 bridgehead atoms. The number of alkyl halides is 3. The zero-order valence-electron chi connectivity index (χ0n) is 17.6. The number of hydrogen-bond acceptors (Lipinski definition) is 6. The van der Waals surface area contributed by atoms with Crippen LogP contribution in [0.5, 0.6) is 5.75 Å². The summed E-state index contributed by atoms with van der Waals surface area (Å²) >= 11 is 5.61. The molecule has 0 radical (unpaired) electrons. The van der Waals surface area contributed by atoms with E-state index in [4.69, 9.17) is 21.7 Å². The number of benzene rings is 1. The van der Waals surface area contributed by atoms with Gasteiger partial charge in [-0.3, -0.25) is 9.53 Å². The summed E-state index contributed by atoms with van der Waals surface area (Å²) < 4.78 is 59.2. The van der Waals surface area contributed by atoms with Crippen molar-refractivity contribution in [2.45, 2.75) is 50.2 Å². The quantitative estimate of drug-likeness (QED) is 0.362. The minimum atomic E-state index is -4.62. The zero-order chi connectivity index (χ0) is 24.0. The number of halogens is 5. The van der Waals surface area contributed by atoms with Gasteiger partial charge in [0.15, 0.2) is 6.61 Å². The molecule has 2 aliphatic rings. The van der Waals surface area contributed by atoms with E-state index in [1.165, 1.54) is 18.3 Å². The predicted molar refractivity (Wildman–Crippen MR) is 114 cm³/mol. The average Bonchev–Trinajstić information content (AvgIpc) is 2.73. The van der Waals surface area contributed by atoms with Gasteiger partial charge in [-0.2, -0.15) is 0 Å². The fraction of sp³-hybridized carbons (Fsp3) is 0.524. The molecule has 1 saturated carbocycles. The van der Waals surface area contributed by atoms with E-state index in [2.05, 4.69) is 15.4 Å². The molecular formula is C21H25ClF4N4O3. The van der Waals surface area contributed by atoms with Crippen molar-refractivity contribution in [2.75, 3.05) is 19.7 Å². The molecule has 1 aromatic rings. The van der Waals surface area contributed by atoms with E-state index in [9.17, 15) is 22.4 Å². The van der Waals surface area contributed by atoms with E-state index < -0.39 is 18.3 Å². The maximum absolute atomic E-state index is 13.4. The van der Waals surface area contributed by atoms with Gasteiger partial charge in [0.2, 0.25) is 0 Å². The van der Waals surface area contributed by atoms with Crippen LogP contribution in [-0.4, -0.2) is 61.3 Å². The topological polar surface area (TPSA) is 86.7 Å². The van der Waals surface area contributed by atoms with Crippen molar-refractivity contribution in [3.8, 4) is 5.75 Å². The number of ether oxygens (including phenoxy) is 2. The molecule has 1 aliphatic heterocycles. The summed E-state index contributed by atoms with van der Waals surface area (Å²) in [5, 5.41) is 13.5. The molecule has 7 nitrogen and oxygen atoms in total. The first-order valence-corrected chi connectivity index (χ1v) is 10.8. The van der Waals surface area contributed by atoms with E-state index in [1.807, 2.05) is 4.90 Å². The number of piperidine rings is 1. The molecule has 12 heteroatoms. The van der Waals surface area contributed by atoms with Gasteiger partial charge in [0.25, 0.3) is 5.91 Å². The number of nitrogens with one attached hydrogen (secondary N) is 3. The molecule has 33 heavy (non-hydrogen) atoms. The van der Waals surface area contributed by atoms with Gasteiger partial charge in [-0.05, 0) is 37.8 Å². The van der Waals surface area contributed by atoms with Gasteiger partial charge in [-0.25, -0.2) is 4.39 Å². The molecule has 1 aliphatic carbocycles. The smallest absolute Gasteiger partial charge is 0.484 e. The maximum atomic E-state index is 13.4. The lowest BCUT2D eigenvalue weighted by Crippen LogP contribution is -2.47. The second-order valence-corrected chi connectivity index (χ2v) is 8.33. The van der Waals surface area contributed by atoms with Crippen LogP contribution in [0, 0.1) is 11.2 Å². The minimum absolute atomic E-state index is 0.0283. The van der Waals surface area contributed by atoms with Gasteiger partial charge in [-0.15, -0.1) is 13.2 Å². The summed E-state index contributed by atoms with van der Waals surface area (Å²) in [7, 11) is 0. The van der Waals surface area contributed by atoms with Gasteiger partial charge < -0.3 is 25.7 Å². The number of hydrogen-bond donors (Lipinski definition) is 3. The van der Waals surface area contributed by atoms with Gasteiger partial charge in [0, 0.05) is 43.7 Å². The molecule has 182 valence electrons. The van der Waals surface area contributed by atoms with Crippen molar-refractivity contribution in [1.29, 1.82) is 5.41 Å². The molecule has 3 N–H and O–H groups in total. The summed E-state index contributed by atoms with van der Waals surface area (Å²) in [6.07, 6.45) is -0.825. The Labute approximate surface area is 193 Å². The highest BCUT2D eigenvalue weighted by Gasteiger charge is 2.39. The van der Waals surface area contributed by atoms with Crippen LogP contribution >= 0.6 is 11.6 Å². The van der Waals surface area contributed by atoms with Crippen LogP contribution in [0.2, 0.25) is 5.02 Å². The SMILES string of the molecule is N=C/C(=C\NC1CC(OC(F)(F)F)C1)N1CCC(NC(=O)COc2ccc(Cl)c(F)c2)CC1. The van der Waals surface area contributed by atoms with E-state index >= 15 is 0 Å². The van der Waals surface area contributed by atoms with Crippen molar-refractivity contribution in [3.63, 3.8) is 0 Å². The van der Waals surface area contributed by atoms with Crippen LogP contribution in [-0.2, 0) is 9.53 Å². The average molecular weight is 493 g/mol. The molecule has 1 saturated heterocycles. The lowest BCUT2D eigenvalue weighted by atomic mass is 9.89. The number of allylic oxidation sites excluding steroid dienone is 1. The van der Waals surface area contributed by atoms with Gasteiger partial charge >= 0.3 is 6.36 Å². The standard InChI is InChI=1S/C21H25ClF4N4O3/c22-18-2-1-16(9-19(18)23)32-12-20(31)29-13-3-5-30(6-4-13)15(10-27)11-28-14-7-17(8-14)33-21(24,25)26/h1-2,9-11,13-14,17,27-28H,3-8,12H2,(H,29,31)/b15-11+,27-10?.